The molecule has 3 amide bonds. The Morgan fingerprint density at radius 2 is 1.31 bits per heavy atom. The van der Waals surface area contributed by atoms with Gasteiger partial charge in [0.1, 0.15) is 0 Å². The van der Waals surface area contributed by atoms with Gasteiger partial charge >= 0.3 is 0 Å². The van der Waals surface area contributed by atoms with Gasteiger partial charge in [0, 0.05) is 28.5 Å². The van der Waals surface area contributed by atoms with Crippen molar-refractivity contribution in [3.63, 3.8) is 0 Å². The highest BCUT2D eigenvalue weighted by atomic mass is 79.9. The van der Waals surface area contributed by atoms with Crippen LogP contribution in [0, 0.1) is 11.8 Å². The third-order valence-corrected chi connectivity index (χ3v) is 8.90. The zero-order valence-electron chi connectivity index (χ0n) is 21.1. The van der Waals surface area contributed by atoms with E-state index in [4.69, 9.17) is 0 Å². The molecule has 3 heterocycles. The standard InChI is InChI=1S/C32H24BrN3O3/c1-34-25-15-9-8-14-24(25)32(31(34)39)27-26(29(37)35(30(27)38)22-12-6-3-7-13-22)28(20-10-4-2-5-11-20)36(32)23-18-16-21(33)17-19-23/h2-19,26-28H,1H3/t26-,27-,28+,32-/m1/s1. The zero-order valence-corrected chi connectivity index (χ0v) is 22.7. The van der Waals surface area contributed by atoms with Crippen molar-refractivity contribution in [2.24, 2.45) is 11.8 Å². The van der Waals surface area contributed by atoms with Crippen LogP contribution in [-0.2, 0) is 19.9 Å². The quantitative estimate of drug-likeness (QED) is 0.293. The first-order valence-electron chi connectivity index (χ1n) is 12.9. The highest BCUT2D eigenvalue weighted by Crippen LogP contribution is 2.64. The predicted octanol–water partition coefficient (Wildman–Crippen LogP) is 5.69. The van der Waals surface area contributed by atoms with E-state index < -0.39 is 23.4 Å². The Hall–Kier alpha value is -4.23. The molecule has 4 aromatic carbocycles. The number of carbonyl (C=O) groups is 3. The fourth-order valence-electron chi connectivity index (χ4n) is 6.88. The number of rotatable bonds is 3. The summed E-state index contributed by atoms with van der Waals surface area (Å²) in [6.45, 7) is 0. The Balaban J connectivity index is 1.56. The number of imide groups is 1. The normalized spacial score (nSPS) is 25.5. The second-order valence-corrected chi connectivity index (χ2v) is 11.1. The molecule has 39 heavy (non-hydrogen) atoms. The number of likely N-dealkylation sites (N-methyl/N-ethyl adjacent to an activating group) is 1. The van der Waals surface area contributed by atoms with Gasteiger partial charge < -0.3 is 9.80 Å². The predicted molar refractivity (Wildman–Crippen MR) is 153 cm³/mol. The second kappa shape index (κ2) is 8.64. The molecule has 7 rings (SSSR count). The lowest BCUT2D eigenvalue weighted by atomic mass is 9.75. The van der Waals surface area contributed by atoms with Crippen LogP contribution in [-0.4, -0.2) is 24.8 Å². The van der Waals surface area contributed by atoms with Crippen LogP contribution >= 0.6 is 15.9 Å². The van der Waals surface area contributed by atoms with Crippen LogP contribution in [0.15, 0.2) is 114 Å². The van der Waals surface area contributed by atoms with Gasteiger partial charge in [0.2, 0.25) is 11.8 Å². The highest BCUT2D eigenvalue weighted by molar-refractivity contribution is 9.10. The van der Waals surface area contributed by atoms with Gasteiger partial charge in [-0.05, 0) is 48.0 Å². The summed E-state index contributed by atoms with van der Waals surface area (Å²) in [5.41, 5.74) is 2.25. The van der Waals surface area contributed by atoms with E-state index >= 15 is 0 Å². The van der Waals surface area contributed by atoms with Gasteiger partial charge in [-0.15, -0.1) is 0 Å². The molecule has 0 aromatic heterocycles. The van der Waals surface area contributed by atoms with Gasteiger partial charge in [-0.2, -0.15) is 0 Å². The fraction of sp³-hybridized carbons (Fsp3) is 0.156. The number of hydrogen-bond acceptors (Lipinski definition) is 4. The van der Waals surface area contributed by atoms with E-state index in [0.717, 1.165) is 27.0 Å². The molecule has 0 unspecified atom stereocenters. The van der Waals surface area contributed by atoms with Crippen molar-refractivity contribution >= 4 is 50.7 Å². The molecule has 4 aromatic rings. The maximum atomic E-state index is 14.6. The molecule has 4 atom stereocenters. The first kappa shape index (κ1) is 23.9. The Kier molecular flexibility index (Phi) is 5.29. The van der Waals surface area contributed by atoms with Crippen molar-refractivity contribution in [2.45, 2.75) is 11.6 Å². The van der Waals surface area contributed by atoms with Gasteiger partial charge in [-0.25, -0.2) is 4.90 Å². The van der Waals surface area contributed by atoms with Crippen LogP contribution < -0.4 is 14.7 Å². The molecule has 2 fully saturated rings. The van der Waals surface area contributed by atoms with E-state index in [-0.39, 0.29) is 17.7 Å². The third-order valence-electron chi connectivity index (χ3n) is 8.37. The molecule has 3 aliphatic heterocycles. The Morgan fingerprint density at radius 1 is 0.692 bits per heavy atom. The molecule has 0 N–H and O–H groups in total. The maximum absolute atomic E-state index is 14.6. The molecular formula is C32H24BrN3O3. The molecule has 192 valence electrons. The van der Waals surface area contributed by atoms with Gasteiger partial charge in [-0.3, -0.25) is 14.4 Å². The number of benzene rings is 4. The van der Waals surface area contributed by atoms with Crippen LogP contribution in [0.2, 0.25) is 0 Å². The van der Waals surface area contributed by atoms with E-state index in [0.29, 0.717) is 5.69 Å². The van der Waals surface area contributed by atoms with E-state index in [1.807, 2.05) is 102 Å². The molecule has 6 nitrogen and oxygen atoms in total. The lowest BCUT2D eigenvalue weighted by Crippen LogP contribution is -2.56. The van der Waals surface area contributed by atoms with Crippen LogP contribution in [0.4, 0.5) is 17.1 Å². The van der Waals surface area contributed by atoms with E-state index in [1.54, 1.807) is 24.1 Å². The van der Waals surface area contributed by atoms with Crippen molar-refractivity contribution in [3.05, 3.63) is 125 Å². The molecule has 0 bridgehead atoms. The Labute approximate surface area is 234 Å². The molecule has 0 radical (unpaired) electrons. The summed E-state index contributed by atoms with van der Waals surface area (Å²) < 4.78 is 0.897. The van der Waals surface area contributed by atoms with Gasteiger partial charge in [0.05, 0.1) is 23.6 Å². The van der Waals surface area contributed by atoms with Crippen molar-refractivity contribution < 1.29 is 14.4 Å². The Bertz CT molecular complexity index is 1630. The molecular weight excluding hydrogens is 554 g/mol. The number of hydrogen-bond donors (Lipinski definition) is 0. The lowest BCUT2D eigenvalue weighted by molar-refractivity contribution is -0.130. The fourth-order valence-corrected chi connectivity index (χ4v) is 7.15. The first-order chi connectivity index (χ1) is 19.0. The SMILES string of the molecule is CN1C(=O)[C@@]2(c3ccccc31)[C@H]1C(=O)N(c3ccccc3)C(=O)[C@H]1[C@H](c1ccccc1)N2c1ccc(Br)cc1. The minimum atomic E-state index is -1.40. The van der Waals surface area contributed by atoms with Gasteiger partial charge in [0.25, 0.3) is 5.91 Å². The summed E-state index contributed by atoms with van der Waals surface area (Å²) in [6.07, 6.45) is 0. The summed E-state index contributed by atoms with van der Waals surface area (Å²) in [6, 6.07) is 33.6. The van der Waals surface area contributed by atoms with Crippen LogP contribution in [0.3, 0.4) is 0 Å². The molecule has 0 saturated carbocycles. The summed E-state index contributed by atoms with van der Waals surface area (Å²) in [5, 5.41) is 0. The van der Waals surface area contributed by atoms with Gasteiger partial charge in [0.15, 0.2) is 5.54 Å². The van der Waals surface area contributed by atoms with Gasteiger partial charge in [-0.1, -0.05) is 82.7 Å². The monoisotopic (exact) mass is 577 g/mol. The maximum Gasteiger partial charge on any atom is 0.258 e. The topological polar surface area (TPSA) is 60.9 Å². The minimum absolute atomic E-state index is 0.212. The Morgan fingerprint density at radius 3 is 2.00 bits per heavy atom. The number of halogens is 1. The summed E-state index contributed by atoms with van der Waals surface area (Å²) in [7, 11) is 1.75. The van der Waals surface area contributed by atoms with Crippen molar-refractivity contribution in [2.75, 3.05) is 21.7 Å². The van der Waals surface area contributed by atoms with Crippen molar-refractivity contribution in [1.29, 1.82) is 0 Å². The molecule has 1 spiro atoms. The average Bonchev–Trinajstić information content (AvgIpc) is 3.51. The first-order valence-corrected chi connectivity index (χ1v) is 13.7. The minimum Gasteiger partial charge on any atom is -0.345 e. The molecule has 7 heteroatoms. The van der Waals surface area contributed by atoms with E-state index in [9.17, 15) is 14.4 Å². The largest absolute Gasteiger partial charge is 0.345 e. The van der Waals surface area contributed by atoms with E-state index in [1.165, 1.54) is 4.90 Å². The summed E-state index contributed by atoms with van der Waals surface area (Å²) >= 11 is 3.53. The average molecular weight is 578 g/mol. The second-order valence-electron chi connectivity index (χ2n) is 10.2. The van der Waals surface area contributed by atoms with Crippen LogP contribution in [0.1, 0.15) is 17.2 Å². The molecule has 0 aliphatic carbocycles. The van der Waals surface area contributed by atoms with Crippen LogP contribution in [0.5, 0.6) is 0 Å². The van der Waals surface area contributed by atoms with E-state index in [2.05, 4.69) is 15.9 Å². The molecule has 3 aliphatic rings. The lowest BCUT2D eigenvalue weighted by Gasteiger charge is -2.42. The van der Waals surface area contributed by atoms with Crippen molar-refractivity contribution in [3.8, 4) is 0 Å². The highest BCUT2D eigenvalue weighted by Gasteiger charge is 2.75. The zero-order chi connectivity index (χ0) is 26.9. The summed E-state index contributed by atoms with van der Waals surface area (Å²) in [4.78, 5) is 48.5. The number of para-hydroxylation sites is 2. The molecule has 2 saturated heterocycles. The number of anilines is 3. The smallest absolute Gasteiger partial charge is 0.258 e. The number of amides is 3. The third kappa shape index (κ3) is 3.11. The van der Waals surface area contributed by atoms with Crippen molar-refractivity contribution in [1.82, 2.24) is 0 Å². The number of carbonyl (C=O) groups excluding carboxylic acids is 3. The number of fused-ring (bicyclic) bond motifs is 4. The number of nitrogens with zero attached hydrogens (tertiary/aromatic N) is 3. The van der Waals surface area contributed by atoms with Crippen LogP contribution in [0.25, 0.3) is 0 Å². The summed E-state index contributed by atoms with van der Waals surface area (Å²) in [5.74, 6) is -2.54.